The molecule has 1 aromatic rings. The van der Waals surface area contributed by atoms with Crippen LogP contribution in [-0.2, 0) is 0 Å². The van der Waals surface area contributed by atoms with Crippen molar-refractivity contribution in [3.8, 4) is 6.01 Å². The molecule has 0 saturated heterocycles. The number of ether oxygens (including phenoxy) is 1. The molecule has 0 radical (unpaired) electrons. The summed E-state index contributed by atoms with van der Waals surface area (Å²) in [6.07, 6.45) is 0.534. The van der Waals surface area contributed by atoms with Crippen LogP contribution in [0, 0.1) is 0 Å². The summed E-state index contributed by atoms with van der Waals surface area (Å²) >= 11 is 0. The van der Waals surface area contributed by atoms with Gasteiger partial charge in [0.05, 0.1) is 6.61 Å². The Hall–Kier alpha value is -1.63. The van der Waals surface area contributed by atoms with Crippen molar-refractivity contribution in [2.45, 2.75) is 20.3 Å². The van der Waals surface area contributed by atoms with E-state index in [2.05, 4.69) is 15.0 Å². The van der Waals surface area contributed by atoms with E-state index >= 15 is 0 Å². The topological polar surface area (TPSA) is 97.4 Å². The Morgan fingerprint density at radius 1 is 1.24 bits per heavy atom. The normalized spacial score (nSPS) is 10.3. The fourth-order valence-corrected chi connectivity index (χ4v) is 1.30. The summed E-state index contributed by atoms with van der Waals surface area (Å²) in [6.45, 7) is 6.03. The van der Waals surface area contributed by atoms with Crippen LogP contribution in [0.4, 0.5) is 11.9 Å². The van der Waals surface area contributed by atoms with Crippen molar-refractivity contribution in [3.05, 3.63) is 0 Å². The van der Waals surface area contributed by atoms with Gasteiger partial charge in [-0.3, -0.25) is 0 Å². The maximum atomic E-state index is 8.65. The number of aliphatic hydroxyl groups excluding tert-OH is 1. The molecule has 1 aromatic heterocycles. The van der Waals surface area contributed by atoms with Crippen molar-refractivity contribution in [1.82, 2.24) is 15.0 Å². The van der Waals surface area contributed by atoms with Crippen molar-refractivity contribution in [1.29, 1.82) is 0 Å². The quantitative estimate of drug-likeness (QED) is 0.651. The van der Waals surface area contributed by atoms with Gasteiger partial charge in [-0.25, -0.2) is 0 Å². The number of nitrogen functional groups attached to an aromatic ring is 1. The zero-order valence-electron chi connectivity index (χ0n) is 10.3. The summed E-state index contributed by atoms with van der Waals surface area (Å²) in [6, 6.07) is 0.202. The number of rotatable bonds is 7. The maximum absolute atomic E-state index is 8.65. The first kappa shape index (κ1) is 13.4. The van der Waals surface area contributed by atoms with Crippen molar-refractivity contribution < 1.29 is 9.84 Å². The van der Waals surface area contributed by atoms with E-state index in [0.717, 1.165) is 13.1 Å². The van der Waals surface area contributed by atoms with Gasteiger partial charge < -0.3 is 20.5 Å². The number of hydrogen-bond acceptors (Lipinski definition) is 7. The third-order valence-corrected chi connectivity index (χ3v) is 2.20. The molecule has 0 fully saturated rings. The second kappa shape index (κ2) is 6.85. The van der Waals surface area contributed by atoms with Crippen molar-refractivity contribution in [3.63, 3.8) is 0 Å². The van der Waals surface area contributed by atoms with Crippen LogP contribution in [0.2, 0.25) is 0 Å². The number of aliphatic hydroxyl groups is 1. The van der Waals surface area contributed by atoms with Gasteiger partial charge in [0.1, 0.15) is 0 Å². The number of anilines is 2. The largest absolute Gasteiger partial charge is 0.463 e. The van der Waals surface area contributed by atoms with Crippen LogP contribution in [-0.4, -0.2) is 46.4 Å². The van der Waals surface area contributed by atoms with Crippen LogP contribution in [0.1, 0.15) is 20.3 Å². The summed E-state index contributed by atoms with van der Waals surface area (Å²) in [4.78, 5) is 14.1. The van der Waals surface area contributed by atoms with Crippen LogP contribution in [0.25, 0.3) is 0 Å². The smallest absolute Gasteiger partial charge is 0.323 e. The van der Waals surface area contributed by atoms with E-state index in [0.29, 0.717) is 19.0 Å². The summed E-state index contributed by atoms with van der Waals surface area (Å²) in [5.41, 5.74) is 5.59. The molecule has 0 bridgehead atoms. The molecule has 1 rings (SSSR count). The first-order valence-electron chi connectivity index (χ1n) is 5.71. The SMILES string of the molecule is CCN(CC)c1nc(N)nc(OCCCO)n1. The summed E-state index contributed by atoms with van der Waals surface area (Å²) in [7, 11) is 0. The number of aromatic nitrogens is 3. The van der Waals surface area contributed by atoms with E-state index in [1.807, 2.05) is 18.7 Å². The highest BCUT2D eigenvalue weighted by Gasteiger charge is 2.10. The van der Waals surface area contributed by atoms with Gasteiger partial charge in [-0.1, -0.05) is 0 Å². The van der Waals surface area contributed by atoms with Gasteiger partial charge in [0.15, 0.2) is 0 Å². The summed E-state index contributed by atoms with van der Waals surface area (Å²) in [5, 5.41) is 8.65. The molecule has 7 nitrogen and oxygen atoms in total. The van der Waals surface area contributed by atoms with Gasteiger partial charge in [-0.05, 0) is 13.8 Å². The third kappa shape index (κ3) is 4.03. The van der Waals surface area contributed by atoms with Gasteiger partial charge in [-0.2, -0.15) is 15.0 Å². The minimum absolute atomic E-state index is 0.0729. The van der Waals surface area contributed by atoms with E-state index in [9.17, 15) is 0 Å². The predicted octanol–water partition coefficient (Wildman–Crippen LogP) is 0.0612. The van der Waals surface area contributed by atoms with E-state index in [1.54, 1.807) is 0 Å². The third-order valence-electron chi connectivity index (χ3n) is 2.20. The van der Waals surface area contributed by atoms with E-state index in [4.69, 9.17) is 15.6 Å². The zero-order chi connectivity index (χ0) is 12.7. The van der Waals surface area contributed by atoms with Gasteiger partial charge in [0, 0.05) is 26.1 Å². The maximum Gasteiger partial charge on any atom is 0.323 e. The molecule has 7 heteroatoms. The Morgan fingerprint density at radius 3 is 2.53 bits per heavy atom. The fraction of sp³-hybridized carbons (Fsp3) is 0.700. The van der Waals surface area contributed by atoms with Crippen molar-refractivity contribution in [2.75, 3.05) is 36.9 Å². The number of nitrogens with two attached hydrogens (primary N) is 1. The molecule has 0 aliphatic rings. The molecule has 1 heterocycles. The highest BCUT2D eigenvalue weighted by molar-refractivity contribution is 5.35. The standard InChI is InChI=1S/C10H19N5O2/c1-3-15(4-2)9-12-8(11)13-10(14-9)17-7-5-6-16/h16H,3-7H2,1-2H3,(H2,11,12,13,14). The molecule has 0 aliphatic heterocycles. The molecule has 0 spiro atoms. The Morgan fingerprint density at radius 2 is 1.94 bits per heavy atom. The zero-order valence-corrected chi connectivity index (χ0v) is 10.3. The Labute approximate surface area is 101 Å². The number of hydrogen-bond donors (Lipinski definition) is 2. The van der Waals surface area contributed by atoms with Gasteiger partial charge in [0.25, 0.3) is 0 Å². The lowest BCUT2D eigenvalue weighted by Gasteiger charge is -2.18. The Bertz CT molecular complexity index is 343. The first-order valence-corrected chi connectivity index (χ1v) is 5.71. The summed E-state index contributed by atoms with van der Waals surface area (Å²) in [5.74, 6) is 0.655. The molecular weight excluding hydrogens is 222 g/mol. The average Bonchev–Trinajstić information content (AvgIpc) is 2.30. The molecule has 0 atom stereocenters. The highest BCUT2D eigenvalue weighted by Crippen LogP contribution is 2.13. The van der Waals surface area contributed by atoms with Gasteiger partial charge in [-0.15, -0.1) is 0 Å². The molecule has 0 amide bonds. The minimum atomic E-state index is 0.0729. The number of nitrogens with zero attached hydrogens (tertiary/aromatic N) is 4. The molecule has 0 saturated carbocycles. The molecular formula is C10H19N5O2. The van der Waals surface area contributed by atoms with Crippen LogP contribution >= 0.6 is 0 Å². The van der Waals surface area contributed by atoms with Gasteiger partial charge in [0.2, 0.25) is 11.9 Å². The Balaban J connectivity index is 2.78. The molecule has 0 aromatic carbocycles. The average molecular weight is 241 g/mol. The van der Waals surface area contributed by atoms with Crippen LogP contribution in [0.5, 0.6) is 6.01 Å². The van der Waals surface area contributed by atoms with Crippen LogP contribution in [0.3, 0.4) is 0 Å². The lowest BCUT2D eigenvalue weighted by Crippen LogP contribution is -2.25. The highest BCUT2D eigenvalue weighted by atomic mass is 16.5. The van der Waals surface area contributed by atoms with E-state index in [1.165, 1.54) is 0 Å². The van der Waals surface area contributed by atoms with E-state index < -0.39 is 0 Å². The summed E-state index contributed by atoms with van der Waals surface area (Å²) < 4.78 is 5.28. The Kier molecular flexibility index (Phi) is 5.41. The molecule has 3 N–H and O–H groups in total. The monoisotopic (exact) mass is 241 g/mol. The first-order chi connectivity index (χ1) is 8.21. The lowest BCUT2D eigenvalue weighted by atomic mass is 10.5. The minimum Gasteiger partial charge on any atom is -0.463 e. The van der Waals surface area contributed by atoms with Crippen LogP contribution < -0.4 is 15.4 Å². The molecule has 0 unspecified atom stereocenters. The second-order valence-electron chi connectivity index (χ2n) is 3.37. The molecule has 0 aliphatic carbocycles. The van der Waals surface area contributed by atoms with Crippen molar-refractivity contribution >= 4 is 11.9 Å². The van der Waals surface area contributed by atoms with E-state index in [-0.39, 0.29) is 18.6 Å². The fourth-order valence-electron chi connectivity index (χ4n) is 1.30. The van der Waals surface area contributed by atoms with Crippen LogP contribution in [0.15, 0.2) is 0 Å². The second-order valence-corrected chi connectivity index (χ2v) is 3.37. The lowest BCUT2D eigenvalue weighted by molar-refractivity contribution is 0.224. The predicted molar refractivity (Wildman–Crippen MR) is 65.0 cm³/mol. The van der Waals surface area contributed by atoms with Crippen molar-refractivity contribution in [2.24, 2.45) is 0 Å². The van der Waals surface area contributed by atoms with Gasteiger partial charge >= 0.3 is 6.01 Å². The molecule has 17 heavy (non-hydrogen) atoms. The molecule has 96 valence electrons.